The van der Waals surface area contributed by atoms with Crippen LogP contribution in [0.25, 0.3) is 0 Å². The molecule has 43 heteroatoms. The van der Waals surface area contributed by atoms with Crippen molar-refractivity contribution in [3.8, 4) is 0 Å². The van der Waals surface area contributed by atoms with Gasteiger partial charge in [-0.1, -0.05) is 0 Å². The molecule has 0 spiro atoms. The predicted molar refractivity (Wildman–Crippen MR) is 298 cm³/mol. The molecule has 25 N–H and O–H groups in total. The van der Waals surface area contributed by atoms with E-state index < -0.39 is 309 Å². The number of amides is 3. The van der Waals surface area contributed by atoms with Crippen molar-refractivity contribution in [1.29, 1.82) is 0 Å². The fourth-order valence-electron chi connectivity index (χ4n) is 12.4. The van der Waals surface area contributed by atoms with E-state index in [1.54, 1.807) is 0 Å². The minimum absolute atomic E-state index is 0.795. The number of aliphatic hydroxyl groups excluding tert-OH is 22. The van der Waals surface area contributed by atoms with Crippen LogP contribution in [-0.2, 0) is 85.4 Å². The Morgan fingerprint density at radius 2 is 0.619 bits per heavy atom. The zero-order valence-electron chi connectivity index (χ0n) is 52.2. The predicted octanol–water partition coefficient (Wildman–Crippen LogP) is -17.0. The van der Waals surface area contributed by atoms with Crippen LogP contribution in [0.5, 0.6) is 0 Å². The Morgan fingerprint density at radius 1 is 0.289 bits per heavy atom. The molecule has 8 aliphatic heterocycles. The maximum absolute atomic E-state index is 13.0. The SMILES string of the molecule is CC(=O)N[C@@H]1[C@@H](O)[C@H](O[C@H]2O[C@H](CO)[C@@H](O[C@@H]3O[C@H](CO[C@H]4O[C@H](CO)[C@@H](O)[C@H](O)[C@@H]4O)[C@@H](O)[C@H](O[C@H]4O[C@H](CO)[C@@H](O)[C@H](O)[C@@H]4O[C@@H]4O[C@H](CO)[C@@H](O[C@@H]5O[C@H](CO)[C@H](O)[C@H](O)[C@H]5O)[C@H](O)[C@H]4NC(C)=O)[C@@H]3O)[C@H](O)[C@H]2NC(C)=O)[C@@H](CO[C@@H]2O[C@H](C)[C@H](O)[C@H](O)[C@H]2O)O[C@H]1O. The third-order valence-electron chi connectivity index (χ3n) is 17.8. The lowest BCUT2D eigenvalue weighted by molar-refractivity contribution is -0.397. The van der Waals surface area contributed by atoms with Gasteiger partial charge in [0.1, 0.15) is 189 Å². The van der Waals surface area contributed by atoms with Gasteiger partial charge >= 0.3 is 0 Å². The maximum Gasteiger partial charge on any atom is 0.217 e. The van der Waals surface area contributed by atoms with Crippen LogP contribution in [0.15, 0.2) is 0 Å². The zero-order valence-corrected chi connectivity index (χ0v) is 52.2. The molecule has 0 aromatic heterocycles. The summed E-state index contributed by atoms with van der Waals surface area (Å²) in [5.41, 5.74) is 0. The quantitative estimate of drug-likeness (QED) is 0.0427. The van der Waals surface area contributed by atoms with E-state index in [-0.39, 0.29) is 0 Å². The number of hydrogen-bond donors (Lipinski definition) is 25. The molecule has 0 radical (unpaired) electrons. The summed E-state index contributed by atoms with van der Waals surface area (Å²) in [5, 5.41) is 248. The Balaban J connectivity index is 1.09. The van der Waals surface area contributed by atoms with Crippen molar-refractivity contribution in [2.75, 3.05) is 46.2 Å². The highest BCUT2D eigenvalue weighted by Crippen LogP contribution is 2.39. The van der Waals surface area contributed by atoms with Gasteiger partial charge in [-0.25, -0.2) is 0 Å². The van der Waals surface area contributed by atoms with Gasteiger partial charge in [-0.05, 0) is 6.92 Å². The van der Waals surface area contributed by atoms with Gasteiger partial charge < -0.3 is 199 Å². The van der Waals surface area contributed by atoms with Gasteiger partial charge in [0.2, 0.25) is 17.7 Å². The van der Waals surface area contributed by atoms with Crippen molar-refractivity contribution in [3.63, 3.8) is 0 Å². The minimum atomic E-state index is -2.47. The molecule has 0 unspecified atom stereocenters. The van der Waals surface area contributed by atoms with Crippen LogP contribution >= 0.6 is 0 Å². The summed E-state index contributed by atoms with van der Waals surface area (Å²) in [7, 11) is 0. The van der Waals surface area contributed by atoms with E-state index in [1.807, 2.05) is 0 Å². The van der Waals surface area contributed by atoms with Crippen molar-refractivity contribution >= 4 is 17.7 Å². The van der Waals surface area contributed by atoms with E-state index >= 15 is 0 Å². The van der Waals surface area contributed by atoms with Crippen molar-refractivity contribution < 1.29 is 198 Å². The Labute approximate surface area is 549 Å². The van der Waals surface area contributed by atoms with E-state index in [0.29, 0.717) is 0 Å². The van der Waals surface area contributed by atoms with Crippen LogP contribution < -0.4 is 16.0 Å². The number of carbonyl (C=O) groups is 3. The number of ether oxygens (including phenoxy) is 15. The molecule has 8 heterocycles. The second-order valence-corrected chi connectivity index (χ2v) is 24.6. The molecule has 8 aliphatic rings. The van der Waals surface area contributed by atoms with Crippen LogP contribution in [0.4, 0.5) is 0 Å². The topological polar surface area (TPSA) is 671 Å². The van der Waals surface area contributed by atoms with Gasteiger partial charge in [0.15, 0.2) is 50.3 Å². The third-order valence-corrected chi connectivity index (χ3v) is 17.8. The van der Waals surface area contributed by atoms with Gasteiger partial charge in [-0.15, -0.1) is 0 Å². The molecule has 0 bridgehead atoms. The van der Waals surface area contributed by atoms with E-state index in [9.17, 15) is 127 Å². The van der Waals surface area contributed by atoms with Crippen LogP contribution in [0.3, 0.4) is 0 Å². The first-order chi connectivity index (χ1) is 45.8. The summed E-state index contributed by atoms with van der Waals surface area (Å²) < 4.78 is 87.7. The summed E-state index contributed by atoms with van der Waals surface area (Å²) >= 11 is 0. The van der Waals surface area contributed by atoms with Gasteiger partial charge in [0.05, 0.1) is 52.4 Å². The first kappa shape index (κ1) is 79.6. The Morgan fingerprint density at radius 3 is 1.09 bits per heavy atom. The highest BCUT2D eigenvalue weighted by molar-refractivity contribution is 5.74. The largest absolute Gasteiger partial charge is 0.394 e. The van der Waals surface area contributed by atoms with Gasteiger partial charge in [-0.2, -0.15) is 0 Å². The highest BCUT2D eigenvalue weighted by Gasteiger charge is 2.60. The molecule has 0 aromatic carbocycles. The number of hydrogen-bond acceptors (Lipinski definition) is 40. The van der Waals surface area contributed by atoms with E-state index in [1.165, 1.54) is 6.92 Å². The summed E-state index contributed by atoms with van der Waals surface area (Å²) in [4.78, 5) is 38.1. The zero-order chi connectivity index (χ0) is 71.5. The fraction of sp³-hybridized carbons (Fsp3) is 0.944. The van der Waals surface area contributed by atoms with Crippen molar-refractivity contribution in [2.24, 2.45) is 0 Å². The van der Waals surface area contributed by atoms with Crippen molar-refractivity contribution in [1.82, 2.24) is 16.0 Å². The first-order valence-corrected chi connectivity index (χ1v) is 31.0. The molecule has 0 aromatic rings. The monoisotopic (exact) mass is 1420 g/mol. The maximum atomic E-state index is 13.0. The lowest BCUT2D eigenvalue weighted by Crippen LogP contribution is -2.71. The lowest BCUT2D eigenvalue weighted by Gasteiger charge is -2.51. The minimum Gasteiger partial charge on any atom is -0.394 e. The van der Waals surface area contributed by atoms with Crippen LogP contribution in [0.1, 0.15) is 27.7 Å². The normalized spacial score (nSPS) is 49.9. The summed E-state index contributed by atoms with van der Waals surface area (Å²) in [6.45, 7) is -2.78. The highest BCUT2D eigenvalue weighted by atomic mass is 16.8. The summed E-state index contributed by atoms with van der Waals surface area (Å²) in [6, 6.07) is -5.49. The van der Waals surface area contributed by atoms with Crippen LogP contribution in [0.2, 0.25) is 0 Å². The molecule has 3 amide bonds. The smallest absolute Gasteiger partial charge is 0.217 e. The molecule has 8 rings (SSSR count). The van der Waals surface area contributed by atoms with E-state index in [4.69, 9.17) is 71.1 Å². The van der Waals surface area contributed by atoms with Gasteiger partial charge in [0, 0.05) is 20.8 Å². The lowest BCUT2D eigenvalue weighted by atomic mass is 9.93. The van der Waals surface area contributed by atoms with Gasteiger partial charge in [0.25, 0.3) is 0 Å². The van der Waals surface area contributed by atoms with Gasteiger partial charge in [-0.3, -0.25) is 14.4 Å². The molecule has 97 heavy (non-hydrogen) atoms. The Bertz CT molecular complexity index is 2490. The van der Waals surface area contributed by atoms with Crippen molar-refractivity contribution in [3.05, 3.63) is 0 Å². The first-order valence-electron chi connectivity index (χ1n) is 31.0. The second kappa shape index (κ2) is 34.5. The summed E-state index contributed by atoms with van der Waals surface area (Å²) in [5.74, 6) is -2.64. The Hall–Kier alpha value is -3.07. The molecule has 43 nitrogen and oxygen atoms in total. The fourth-order valence-corrected chi connectivity index (χ4v) is 12.4. The Kier molecular flexibility index (Phi) is 28.3. The molecule has 8 saturated heterocycles. The van der Waals surface area contributed by atoms with Crippen LogP contribution in [0, 0.1) is 0 Å². The second-order valence-electron chi connectivity index (χ2n) is 24.6. The molecule has 8 fully saturated rings. The molecular formula is C54H91N3O40. The van der Waals surface area contributed by atoms with Crippen LogP contribution in [-0.4, -0.2) is 422 Å². The molecule has 0 aliphatic carbocycles. The number of rotatable bonds is 24. The number of nitrogens with one attached hydrogen (secondary N) is 3. The molecule has 562 valence electrons. The molecule has 0 saturated carbocycles. The van der Waals surface area contributed by atoms with E-state index in [2.05, 4.69) is 16.0 Å². The van der Waals surface area contributed by atoms with Crippen molar-refractivity contribution in [2.45, 2.75) is 273 Å². The number of carbonyl (C=O) groups excluding carboxylic acids is 3. The standard InChI is InChI=1S/C54H91N3O40/c1-12-26(66)34(74)38(78)50(85-12)84-11-22-44(31(71)23(47(82)86-22)55-13(2)63)93-48-24(56-14(3)64)32(72)43(20(9-62)90-48)95-53-41(81)45(30(70)21(92-53)10-83-51-39(79)35(75)27(67)16(5-58)87-51)96-54-46(37(77)29(69)18(7-60)89-54)97-49-25(57-15(4)65)33(73)42(19(8-61)91-49)94-52-40(80)36(76)28(68)17(6-59)88-52/h12,16-54,58-62,66-82H,5-11H2,1-4H3,(H,55,63)(H,56,64)(H,57,65)/t12-,16-,17-,18-,19-,20-,21-,22-,23-,24-,25-,26+,27-,28+,29-,30-,31-,32-,33-,34+,35+,36+,37+,38-,39+,40-,41+,42-,43-,44-,45+,46+,47-,48-,49+,50-,51+,52+,53+,54-/m1/s1. The molecule has 40 atom stereocenters. The van der Waals surface area contributed by atoms with E-state index in [0.717, 1.165) is 20.8 Å². The molecular weight excluding hydrogens is 1330 g/mol. The summed E-state index contributed by atoms with van der Waals surface area (Å²) in [6.07, 6.45) is -73.0. The number of aliphatic hydroxyl groups is 22. The third kappa shape index (κ3) is 17.6. The average molecular weight is 1420 g/mol. The average Bonchev–Trinajstić information content (AvgIpc) is 0.799.